The fourth-order valence-electron chi connectivity index (χ4n) is 1.30. The van der Waals surface area contributed by atoms with E-state index in [1.165, 1.54) is 10.5 Å². The summed E-state index contributed by atoms with van der Waals surface area (Å²) in [5, 5.41) is 0. The van der Waals surface area contributed by atoms with Gasteiger partial charge in [-0.1, -0.05) is 13.8 Å². The molecular formula is C13H19OS. The molecule has 0 N–H and O–H groups in total. The third-order valence-corrected chi connectivity index (χ3v) is 2.89. The molecule has 0 aliphatic carbocycles. The summed E-state index contributed by atoms with van der Waals surface area (Å²) in [7, 11) is 0. The molecule has 0 heterocycles. The molecule has 0 saturated carbocycles. The molecular weight excluding hydrogens is 204 g/mol. The zero-order valence-corrected chi connectivity index (χ0v) is 10.6. The molecule has 0 spiro atoms. The maximum absolute atomic E-state index is 5.65. The van der Waals surface area contributed by atoms with E-state index in [0.717, 1.165) is 18.8 Å². The van der Waals surface area contributed by atoms with Crippen molar-refractivity contribution in [3.05, 3.63) is 30.7 Å². The first-order valence-electron chi connectivity index (χ1n) is 5.32. The molecule has 0 saturated heterocycles. The number of hydrogen-bond donors (Lipinski definition) is 0. The summed E-state index contributed by atoms with van der Waals surface area (Å²) in [5.41, 5.74) is 1.24. The van der Waals surface area contributed by atoms with Crippen molar-refractivity contribution in [1.29, 1.82) is 0 Å². The number of rotatable bonds is 5. The Labute approximate surface area is 97.2 Å². The van der Waals surface area contributed by atoms with Gasteiger partial charge in [0.05, 0.1) is 6.61 Å². The lowest BCUT2D eigenvalue weighted by Crippen LogP contribution is -1.97. The summed E-state index contributed by atoms with van der Waals surface area (Å²) in [6.45, 7) is 9.04. The molecule has 0 aromatic heterocycles. The fourth-order valence-corrected chi connectivity index (χ4v) is 1.79. The Bertz CT molecular complexity index is 307. The zero-order chi connectivity index (χ0) is 11.3. The van der Waals surface area contributed by atoms with Crippen LogP contribution in [0.3, 0.4) is 0 Å². The molecule has 1 rings (SSSR count). The van der Waals surface area contributed by atoms with E-state index in [0.29, 0.717) is 5.92 Å². The summed E-state index contributed by atoms with van der Waals surface area (Å²) in [6, 6.07) is 6.36. The van der Waals surface area contributed by atoms with Crippen LogP contribution in [0.25, 0.3) is 0 Å². The molecule has 1 aromatic rings. The van der Waals surface area contributed by atoms with Crippen molar-refractivity contribution in [3.8, 4) is 5.75 Å². The van der Waals surface area contributed by atoms with Gasteiger partial charge in [-0.3, -0.25) is 0 Å². The molecule has 0 fully saturated rings. The van der Waals surface area contributed by atoms with Crippen molar-refractivity contribution in [2.45, 2.75) is 31.1 Å². The average molecular weight is 223 g/mol. The first kappa shape index (κ1) is 12.4. The fraction of sp³-hybridized carbons (Fsp3) is 0.462. The van der Waals surface area contributed by atoms with E-state index in [2.05, 4.69) is 45.2 Å². The van der Waals surface area contributed by atoms with Gasteiger partial charge in [0.1, 0.15) is 5.75 Å². The lowest BCUT2D eigenvalue weighted by Gasteiger charge is -2.11. The van der Waals surface area contributed by atoms with Crippen molar-refractivity contribution >= 4 is 11.8 Å². The molecule has 1 radical (unpaired) electrons. The van der Waals surface area contributed by atoms with Crippen molar-refractivity contribution in [2.24, 2.45) is 0 Å². The summed E-state index contributed by atoms with van der Waals surface area (Å²) >= 11 is 1.74. The van der Waals surface area contributed by atoms with Crippen LogP contribution in [0, 0.1) is 6.92 Å². The average Bonchev–Trinajstić information content (AvgIpc) is 2.25. The van der Waals surface area contributed by atoms with Gasteiger partial charge < -0.3 is 4.74 Å². The Hall–Kier alpha value is -0.630. The first-order valence-corrected chi connectivity index (χ1v) is 6.54. The molecule has 0 aliphatic heterocycles. The van der Waals surface area contributed by atoms with Crippen molar-refractivity contribution in [2.75, 3.05) is 12.9 Å². The maximum Gasteiger partial charge on any atom is 0.120 e. The Balaban J connectivity index is 2.90. The van der Waals surface area contributed by atoms with Gasteiger partial charge in [0, 0.05) is 4.90 Å². The highest BCUT2D eigenvalue weighted by Crippen LogP contribution is 2.27. The second kappa shape index (κ2) is 6.06. The second-order valence-electron chi connectivity index (χ2n) is 3.69. The minimum atomic E-state index is 0.307. The number of thioether (sulfide) groups is 1. The summed E-state index contributed by atoms with van der Waals surface area (Å²) < 4.78 is 5.65. The monoisotopic (exact) mass is 223 g/mol. The topological polar surface area (TPSA) is 9.23 Å². The van der Waals surface area contributed by atoms with E-state index in [1.54, 1.807) is 11.8 Å². The van der Waals surface area contributed by atoms with Crippen LogP contribution in [-0.4, -0.2) is 12.9 Å². The predicted molar refractivity (Wildman–Crippen MR) is 67.8 cm³/mol. The van der Waals surface area contributed by atoms with Gasteiger partial charge >= 0.3 is 0 Å². The second-order valence-corrected chi connectivity index (χ2v) is 4.57. The maximum atomic E-state index is 5.65. The summed E-state index contributed by atoms with van der Waals surface area (Å²) in [6.07, 6.45) is 3.12. The number of ether oxygens (including phenoxy) is 1. The smallest absolute Gasteiger partial charge is 0.120 e. The molecule has 1 nitrogen and oxygen atoms in total. The van der Waals surface area contributed by atoms with E-state index in [9.17, 15) is 0 Å². The minimum absolute atomic E-state index is 0.307. The van der Waals surface area contributed by atoms with E-state index in [1.807, 2.05) is 0 Å². The van der Waals surface area contributed by atoms with Gasteiger partial charge in [-0.05, 0) is 49.3 Å². The lowest BCUT2D eigenvalue weighted by molar-refractivity contribution is 0.316. The van der Waals surface area contributed by atoms with Crippen molar-refractivity contribution < 1.29 is 4.74 Å². The van der Waals surface area contributed by atoms with Crippen LogP contribution < -0.4 is 4.74 Å². The Kier molecular flexibility index (Phi) is 5.03. The van der Waals surface area contributed by atoms with Crippen molar-refractivity contribution in [3.63, 3.8) is 0 Å². The SMILES string of the molecule is [CH2]C(C)c1cc(OCCC)cc(SC)c1. The van der Waals surface area contributed by atoms with Crippen molar-refractivity contribution in [1.82, 2.24) is 0 Å². The normalized spacial score (nSPS) is 10.7. The van der Waals surface area contributed by atoms with Crippen LogP contribution in [0.1, 0.15) is 31.7 Å². The van der Waals surface area contributed by atoms with Crippen LogP contribution in [0.5, 0.6) is 5.75 Å². The third-order valence-electron chi connectivity index (χ3n) is 2.18. The predicted octanol–water partition coefficient (Wildman–Crippen LogP) is 4.13. The van der Waals surface area contributed by atoms with Crippen LogP contribution >= 0.6 is 11.8 Å². The molecule has 0 aliphatic rings. The molecule has 1 aromatic carbocycles. The summed E-state index contributed by atoms with van der Waals surface area (Å²) in [4.78, 5) is 1.24. The molecule has 2 heteroatoms. The van der Waals surface area contributed by atoms with Gasteiger partial charge in [-0.25, -0.2) is 0 Å². The Morgan fingerprint density at radius 2 is 2.13 bits per heavy atom. The van der Waals surface area contributed by atoms with E-state index < -0.39 is 0 Å². The number of hydrogen-bond acceptors (Lipinski definition) is 2. The molecule has 0 bridgehead atoms. The van der Waals surface area contributed by atoms with Crippen LogP contribution in [0.15, 0.2) is 23.1 Å². The van der Waals surface area contributed by atoms with Gasteiger partial charge in [0.2, 0.25) is 0 Å². The molecule has 0 amide bonds. The molecule has 15 heavy (non-hydrogen) atoms. The van der Waals surface area contributed by atoms with Crippen LogP contribution in [0.2, 0.25) is 0 Å². The minimum Gasteiger partial charge on any atom is -0.494 e. The van der Waals surface area contributed by atoms with E-state index in [-0.39, 0.29) is 0 Å². The van der Waals surface area contributed by atoms with Crippen LogP contribution in [-0.2, 0) is 0 Å². The molecule has 1 unspecified atom stereocenters. The highest BCUT2D eigenvalue weighted by Gasteiger charge is 2.04. The van der Waals surface area contributed by atoms with Gasteiger partial charge in [0.15, 0.2) is 0 Å². The Morgan fingerprint density at radius 1 is 1.40 bits per heavy atom. The van der Waals surface area contributed by atoms with Gasteiger partial charge in [0.25, 0.3) is 0 Å². The van der Waals surface area contributed by atoms with Gasteiger partial charge in [-0.15, -0.1) is 11.8 Å². The summed E-state index contributed by atoms with van der Waals surface area (Å²) in [5.74, 6) is 1.27. The highest BCUT2D eigenvalue weighted by molar-refractivity contribution is 7.98. The zero-order valence-electron chi connectivity index (χ0n) is 9.75. The largest absolute Gasteiger partial charge is 0.494 e. The Morgan fingerprint density at radius 3 is 2.67 bits per heavy atom. The van der Waals surface area contributed by atoms with E-state index >= 15 is 0 Å². The standard InChI is InChI=1S/C13H19OS/c1-5-6-14-12-7-11(10(2)3)8-13(9-12)15-4/h7-10H,2,5-6H2,1,3-4H3. The molecule has 83 valence electrons. The quantitative estimate of drug-likeness (QED) is 0.694. The van der Waals surface area contributed by atoms with E-state index in [4.69, 9.17) is 4.74 Å². The lowest BCUT2D eigenvalue weighted by atomic mass is 10.0. The third kappa shape index (κ3) is 3.78. The highest BCUT2D eigenvalue weighted by atomic mass is 32.2. The first-order chi connectivity index (χ1) is 7.17. The van der Waals surface area contributed by atoms with Crippen LogP contribution in [0.4, 0.5) is 0 Å². The number of benzene rings is 1. The van der Waals surface area contributed by atoms with Gasteiger partial charge in [-0.2, -0.15) is 0 Å². The molecule has 1 atom stereocenters.